The lowest BCUT2D eigenvalue weighted by Gasteiger charge is -2.18. The van der Waals surface area contributed by atoms with Gasteiger partial charge in [0.1, 0.15) is 0 Å². The van der Waals surface area contributed by atoms with Gasteiger partial charge in [-0.25, -0.2) is 0 Å². The van der Waals surface area contributed by atoms with E-state index in [1.165, 1.54) is 5.56 Å². The van der Waals surface area contributed by atoms with Crippen molar-refractivity contribution in [3.8, 4) is 0 Å². The zero-order chi connectivity index (χ0) is 18.2. The van der Waals surface area contributed by atoms with Crippen LogP contribution in [0.1, 0.15) is 29.8 Å². The first-order valence-electron chi connectivity index (χ1n) is 8.21. The summed E-state index contributed by atoms with van der Waals surface area (Å²) in [5.41, 5.74) is 2.70. The van der Waals surface area contributed by atoms with Crippen LogP contribution >= 0.6 is 34.8 Å². The van der Waals surface area contributed by atoms with Gasteiger partial charge in [-0.3, -0.25) is 15.0 Å². The van der Waals surface area contributed by atoms with Crippen molar-refractivity contribution in [2.24, 2.45) is 0 Å². The second-order valence-corrected chi connectivity index (χ2v) is 7.23. The van der Waals surface area contributed by atoms with Crippen LogP contribution in [0.2, 0.25) is 0 Å². The van der Waals surface area contributed by atoms with E-state index < -0.39 is 0 Å². The lowest BCUT2D eigenvalue weighted by molar-refractivity contribution is 0.0977. The number of nitrogens with zero attached hydrogens (tertiary/aromatic N) is 1. The average Bonchev–Trinajstić information content (AvgIpc) is 2.61. The van der Waals surface area contributed by atoms with Crippen LogP contribution in [0.4, 0.5) is 5.69 Å². The Kier molecular flexibility index (Phi) is 7.80. The summed E-state index contributed by atoms with van der Waals surface area (Å²) in [7, 11) is 0. The molecule has 0 aliphatic heterocycles. The van der Waals surface area contributed by atoms with Gasteiger partial charge in [0, 0.05) is 21.4 Å². The Bertz CT molecular complexity index is 730. The highest BCUT2D eigenvalue weighted by Gasteiger charge is 2.08. The highest BCUT2D eigenvalue weighted by molar-refractivity contribution is 14.1. The molecule has 0 spiro atoms. The molecule has 0 unspecified atom stereocenters. The Morgan fingerprint density at radius 3 is 2.40 bits per heavy atom. The van der Waals surface area contributed by atoms with E-state index in [1.54, 1.807) is 6.07 Å². The fourth-order valence-corrected chi connectivity index (χ4v) is 3.12. The van der Waals surface area contributed by atoms with E-state index in [0.29, 0.717) is 10.7 Å². The summed E-state index contributed by atoms with van der Waals surface area (Å²) in [5.74, 6) is -0.214. The number of carbonyl (C=O) groups excluding carboxylic acids is 1. The molecule has 0 fully saturated rings. The first kappa shape index (κ1) is 19.8. The molecule has 6 heteroatoms. The first-order valence-corrected chi connectivity index (χ1v) is 9.69. The van der Waals surface area contributed by atoms with Crippen LogP contribution in [0.25, 0.3) is 0 Å². The van der Waals surface area contributed by atoms with Crippen LogP contribution in [-0.4, -0.2) is 29.0 Å². The molecular weight excluding hydrogens is 445 g/mol. The minimum Gasteiger partial charge on any atom is -0.332 e. The number of nitrogens with one attached hydrogen (secondary N) is 2. The van der Waals surface area contributed by atoms with Crippen LogP contribution in [0.3, 0.4) is 0 Å². The number of carbonyl (C=O) groups is 1. The minimum atomic E-state index is -0.214. The van der Waals surface area contributed by atoms with Crippen molar-refractivity contribution in [3.05, 3.63) is 63.2 Å². The zero-order valence-electron chi connectivity index (χ0n) is 14.4. The zero-order valence-corrected chi connectivity index (χ0v) is 17.4. The maximum atomic E-state index is 12.2. The van der Waals surface area contributed by atoms with Crippen molar-refractivity contribution in [3.63, 3.8) is 0 Å². The van der Waals surface area contributed by atoms with Gasteiger partial charge in [0.2, 0.25) is 0 Å². The minimum absolute atomic E-state index is 0.214. The molecule has 0 saturated heterocycles. The third-order valence-corrected chi connectivity index (χ3v) is 4.70. The molecule has 2 rings (SSSR count). The second kappa shape index (κ2) is 9.84. The third kappa shape index (κ3) is 6.37. The van der Waals surface area contributed by atoms with E-state index in [9.17, 15) is 4.79 Å². The number of amides is 1. The number of halogens is 1. The molecule has 2 aromatic rings. The van der Waals surface area contributed by atoms with Crippen LogP contribution in [-0.2, 0) is 6.54 Å². The van der Waals surface area contributed by atoms with E-state index >= 15 is 0 Å². The summed E-state index contributed by atoms with van der Waals surface area (Å²) in [5, 5.41) is 6.05. The number of benzene rings is 2. The Labute approximate surface area is 168 Å². The predicted octanol–water partition coefficient (Wildman–Crippen LogP) is 4.26. The standard InChI is InChI=1S/C19H22IN3OS/c1-3-23(4-2)13-14-8-10-17(11-9-14)21-19(25)22-18(24)15-6-5-7-16(20)12-15/h5-12H,3-4,13H2,1-2H3,(H2,21,22,24,25). The Morgan fingerprint density at radius 2 is 1.80 bits per heavy atom. The summed E-state index contributed by atoms with van der Waals surface area (Å²) in [6.45, 7) is 7.32. The molecule has 0 aliphatic rings. The van der Waals surface area contributed by atoms with Crippen LogP contribution in [0, 0.1) is 3.57 Å². The van der Waals surface area contributed by atoms with Crippen molar-refractivity contribution in [2.45, 2.75) is 20.4 Å². The van der Waals surface area contributed by atoms with Crippen molar-refractivity contribution in [2.75, 3.05) is 18.4 Å². The monoisotopic (exact) mass is 467 g/mol. The second-order valence-electron chi connectivity index (χ2n) is 5.58. The largest absolute Gasteiger partial charge is 0.332 e. The first-order chi connectivity index (χ1) is 12.0. The molecule has 0 bridgehead atoms. The molecule has 2 aromatic carbocycles. The highest BCUT2D eigenvalue weighted by atomic mass is 127. The van der Waals surface area contributed by atoms with Gasteiger partial charge < -0.3 is 5.32 Å². The molecule has 25 heavy (non-hydrogen) atoms. The van der Waals surface area contributed by atoms with Gasteiger partial charge in [0.15, 0.2) is 5.11 Å². The van der Waals surface area contributed by atoms with E-state index in [0.717, 1.165) is 28.9 Å². The van der Waals surface area contributed by atoms with Crippen LogP contribution < -0.4 is 10.6 Å². The number of rotatable bonds is 6. The molecule has 132 valence electrons. The molecule has 1 amide bonds. The van der Waals surface area contributed by atoms with Gasteiger partial charge in [0.25, 0.3) is 5.91 Å². The summed E-state index contributed by atoms with van der Waals surface area (Å²) in [6.07, 6.45) is 0. The van der Waals surface area contributed by atoms with E-state index in [4.69, 9.17) is 12.2 Å². The summed E-state index contributed by atoms with van der Waals surface area (Å²) in [4.78, 5) is 14.5. The molecule has 0 saturated carbocycles. The number of hydrogen-bond acceptors (Lipinski definition) is 3. The summed E-state index contributed by atoms with van der Waals surface area (Å²) < 4.78 is 1.01. The molecule has 0 aliphatic carbocycles. The van der Waals surface area contributed by atoms with Crippen molar-refractivity contribution < 1.29 is 4.79 Å². The van der Waals surface area contributed by atoms with Crippen molar-refractivity contribution in [1.29, 1.82) is 0 Å². The summed E-state index contributed by atoms with van der Waals surface area (Å²) >= 11 is 7.41. The lowest BCUT2D eigenvalue weighted by Crippen LogP contribution is -2.34. The Balaban J connectivity index is 1.91. The van der Waals surface area contributed by atoms with E-state index in [1.807, 2.05) is 30.3 Å². The van der Waals surface area contributed by atoms with Gasteiger partial charge >= 0.3 is 0 Å². The molecule has 2 N–H and O–H groups in total. The Morgan fingerprint density at radius 1 is 1.12 bits per heavy atom. The van der Waals surface area contributed by atoms with E-state index in [-0.39, 0.29) is 5.91 Å². The van der Waals surface area contributed by atoms with Gasteiger partial charge in [-0.15, -0.1) is 0 Å². The molecule has 4 nitrogen and oxygen atoms in total. The van der Waals surface area contributed by atoms with Crippen LogP contribution in [0.5, 0.6) is 0 Å². The van der Waals surface area contributed by atoms with Crippen molar-refractivity contribution in [1.82, 2.24) is 10.2 Å². The fourth-order valence-electron chi connectivity index (χ4n) is 2.37. The van der Waals surface area contributed by atoms with E-state index in [2.05, 4.69) is 64.1 Å². The van der Waals surface area contributed by atoms with Gasteiger partial charge in [-0.1, -0.05) is 32.0 Å². The van der Waals surface area contributed by atoms with Gasteiger partial charge in [-0.05, 0) is 83.8 Å². The quantitative estimate of drug-likeness (QED) is 0.493. The topological polar surface area (TPSA) is 44.4 Å². The molecule has 0 heterocycles. The Hall–Kier alpha value is -1.51. The predicted molar refractivity (Wildman–Crippen MR) is 116 cm³/mol. The average molecular weight is 467 g/mol. The number of anilines is 1. The van der Waals surface area contributed by atoms with Gasteiger partial charge in [0.05, 0.1) is 0 Å². The highest BCUT2D eigenvalue weighted by Crippen LogP contribution is 2.12. The van der Waals surface area contributed by atoms with Crippen molar-refractivity contribution >= 4 is 51.5 Å². The molecule has 0 atom stereocenters. The number of thiocarbonyl (C=S) groups is 1. The summed E-state index contributed by atoms with van der Waals surface area (Å²) in [6, 6.07) is 15.5. The normalized spacial score (nSPS) is 10.6. The lowest BCUT2D eigenvalue weighted by atomic mass is 10.2. The van der Waals surface area contributed by atoms with Gasteiger partial charge in [-0.2, -0.15) is 0 Å². The fraction of sp³-hybridized carbons (Fsp3) is 0.263. The molecule has 0 aromatic heterocycles. The van der Waals surface area contributed by atoms with Crippen LogP contribution in [0.15, 0.2) is 48.5 Å². The molecule has 0 radical (unpaired) electrons. The SMILES string of the molecule is CCN(CC)Cc1ccc(NC(=S)NC(=O)c2cccc(I)c2)cc1. The smallest absolute Gasteiger partial charge is 0.257 e. The maximum absolute atomic E-state index is 12.2. The maximum Gasteiger partial charge on any atom is 0.257 e. The third-order valence-electron chi connectivity index (χ3n) is 3.83. The number of hydrogen-bond donors (Lipinski definition) is 2. The molecular formula is C19H22IN3OS.